The summed E-state index contributed by atoms with van der Waals surface area (Å²) >= 11 is 1.35. The van der Waals surface area contributed by atoms with E-state index in [9.17, 15) is 9.59 Å². The number of nitrogens with one attached hydrogen (secondary N) is 2. The molecule has 2 aromatic rings. The van der Waals surface area contributed by atoms with Gasteiger partial charge >= 0.3 is 0 Å². The third-order valence-corrected chi connectivity index (χ3v) is 3.77. The highest BCUT2D eigenvalue weighted by Gasteiger charge is 2.10. The third-order valence-electron chi connectivity index (χ3n) is 2.90. The van der Waals surface area contributed by atoms with E-state index in [1.54, 1.807) is 12.1 Å². The van der Waals surface area contributed by atoms with Crippen LogP contribution in [0.4, 0.5) is 5.69 Å². The summed E-state index contributed by atoms with van der Waals surface area (Å²) in [6, 6.07) is 9.35. The summed E-state index contributed by atoms with van der Waals surface area (Å²) in [5.41, 5.74) is 2.81. The number of anilines is 1. The van der Waals surface area contributed by atoms with Crippen molar-refractivity contribution in [3.63, 3.8) is 0 Å². The monoisotopic (exact) mass is 288 g/mol. The van der Waals surface area contributed by atoms with Gasteiger partial charge in [-0.15, -0.1) is 11.3 Å². The number of aryl methyl sites for hydroxylation is 2. The van der Waals surface area contributed by atoms with E-state index in [-0.39, 0.29) is 18.4 Å². The second kappa shape index (κ2) is 6.34. The van der Waals surface area contributed by atoms with Gasteiger partial charge in [-0.3, -0.25) is 9.59 Å². The van der Waals surface area contributed by atoms with E-state index in [0.717, 1.165) is 16.8 Å². The molecule has 4 nitrogen and oxygen atoms in total. The van der Waals surface area contributed by atoms with Gasteiger partial charge in [-0.25, -0.2) is 0 Å². The average molecular weight is 288 g/mol. The zero-order valence-electron chi connectivity index (χ0n) is 11.4. The average Bonchev–Trinajstić information content (AvgIpc) is 2.94. The lowest BCUT2D eigenvalue weighted by molar-refractivity contribution is -0.115. The lowest BCUT2D eigenvalue weighted by atomic mass is 10.1. The van der Waals surface area contributed by atoms with Crippen molar-refractivity contribution >= 4 is 28.8 Å². The van der Waals surface area contributed by atoms with Crippen molar-refractivity contribution in [2.75, 3.05) is 11.9 Å². The predicted octanol–water partition coefficient (Wildman–Crippen LogP) is 2.73. The molecule has 1 heterocycles. The number of thiophene rings is 1. The molecule has 104 valence electrons. The summed E-state index contributed by atoms with van der Waals surface area (Å²) in [7, 11) is 0. The minimum atomic E-state index is -0.229. The quantitative estimate of drug-likeness (QED) is 0.909. The van der Waals surface area contributed by atoms with Crippen molar-refractivity contribution in [1.82, 2.24) is 5.32 Å². The highest BCUT2D eigenvalue weighted by Crippen LogP contribution is 2.19. The van der Waals surface area contributed by atoms with Crippen molar-refractivity contribution in [1.29, 1.82) is 0 Å². The summed E-state index contributed by atoms with van der Waals surface area (Å²) in [5, 5.41) is 7.26. The molecule has 20 heavy (non-hydrogen) atoms. The summed E-state index contributed by atoms with van der Waals surface area (Å²) in [6.45, 7) is 3.84. The number of rotatable bonds is 4. The molecule has 0 aliphatic heterocycles. The number of benzene rings is 1. The molecule has 1 aromatic heterocycles. The van der Waals surface area contributed by atoms with Crippen LogP contribution in [0.5, 0.6) is 0 Å². The molecule has 0 saturated carbocycles. The molecule has 0 saturated heterocycles. The SMILES string of the molecule is Cc1cccc(C)c1NC(=O)CNC(=O)c1cccs1. The Kier molecular flexibility index (Phi) is 4.53. The minimum Gasteiger partial charge on any atom is -0.342 e. The second-order valence-corrected chi connectivity index (χ2v) is 5.42. The van der Waals surface area contributed by atoms with Crippen LogP contribution < -0.4 is 10.6 Å². The van der Waals surface area contributed by atoms with E-state index in [0.29, 0.717) is 4.88 Å². The third kappa shape index (κ3) is 3.45. The molecule has 0 atom stereocenters. The number of amides is 2. The fourth-order valence-corrected chi connectivity index (χ4v) is 2.49. The van der Waals surface area contributed by atoms with Crippen LogP contribution in [0.2, 0.25) is 0 Å². The Balaban J connectivity index is 1.92. The van der Waals surface area contributed by atoms with E-state index in [4.69, 9.17) is 0 Å². The van der Waals surface area contributed by atoms with E-state index in [1.807, 2.05) is 37.4 Å². The van der Waals surface area contributed by atoms with E-state index >= 15 is 0 Å². The van der Waals surface area contributed by atoms with Crippen molar-refractivity contribution < 1.29 is 9.59 Å². The topological polar surface area (TPSA) is 58.2 Å². The van der Waals surface area contributed by atoms with Crippen molar-refractivity contribution in [2.45, 2.75) is 13.8 Å². The van der Waals surface area contributed by atoms with Gasteiger partial charge in [0.05, 0.1) is 11.4 Å². The maximum absolute atomic E-state index is 11.9. The predicted molar refractivity (Wildman–Crippen MR) is 81.2 cm³/mol. The van der Waals surface area contributed by atoms with Gasteiger partial charge in [-0.1, -0.05) is 24.3 Å². The smallest absolute Gasteiger partial charge is 0.261 e. The van der Waals surface area contributed by atoms with E-state index in [1.165, 1.54) is 11.3 Å². The maximum Gasteiger partial charge on any atom is 0.261 e. The molecule has 0 aliphatic carbocycles. The lowest BCUT2D eigenvalue weighted by Gasteiger charge is -2.11. The highest BCUT2D eigenvalue weighted by molar-refractivity contribution is 7.12. The Morgan fingerprint density at radius 3 is 2.40 bits per heavy atom. The van der Waals surface area contributed by atoms with Crippen LogP contribution in [0, 0.1) is 13.8 Å². The first-order valence-electron chi connectivity index (χ1n) is 6.25. The number of hydrogen-bond donors (Lipinski definition) is 2. The molecule has 5 heteroatoms. The largest absolute Gasteiger partial charge is 0.342 e. The van der Waals surface area contributed by atoms with Crippen LogP contribution in [0.3, 0.4) is 0 Å². The van der Waals surface area contributed by atoms with Gasteiger partial charge < -0.3 is 10.6 Å². The fourth-order valence-electron chi connectivity index (χ4n) is 1.85. The first-order valence-corrected chi connectivity index (χ1v) is 7.13. The van der Waals surface area contributed by atoms with Crippen LogP contribution in [-0.4, -0.2) is 18.4 Å². The van der Waals surface area contributed by atoms with Gasteiger partial charge in [0, 0.05) is 5.69 Å². The number of carbonyl (C=O) groups is 2. The molecule has 0 spiro atoms. The zero-order chi connectivity index (χ0) is 14.5. The van der Waals surface area contributed by atoms with Gasteiger partial charge in [0.25, 0.3) is 5.91 Å². The van der Waals surface area contributed by atoms with Crippen LogP contribution >= 0.6 is 11.3 Å². The molecule has 2 N–H and O–H groups in total. The molecule has 1 aromatic carbocycles. The molecule has 0 aliphatic rings. The Morgan fingerprint density at radius 1 is 1.10 bits per heavy atom. The van der Waals surface area contributed by atoms with E-state index < -0.39 is 0 Å². The molecule has 0 radical (unpaired) electrons. The van der Waals surface area contributed by atoms with Crippen LogP contribution in [0.25, 0.3) is 0 Å². The molecule has 2 rings (SSSR count). The van der Waals surface area contributed by atoms with Gasteiger partial charge in [-0.2, -0.15) is 0 Å². The summed E-state index contributed by atoms with van der Waals surface area (Å²) in [6.07, 6.45) is 0. The number of para-hydroxylation sites is 1. The van der Waals surface area contributed by atoms with Gasteiger partial charge in [0.15, 0.2) is 0 Å². The lowest BCUT2D eigenvalue weighted by Crippen LogP contribution is -2.32. The molecule has 0 fully saturated rings. The van der Waals surface area contributed by atoms with E-state index in [2.05, 4.69) is 10.6 Å². The molecule has 0 bridgehead atoms. The Hall–Kier alpha value is -2.14. The minimum absolute atomic E-state index is 0.0372. The first-order chi connectivity index (χ1) is 9.58. The van der Waals surface area contributed by atoms with Crippen LogP contribution in [0.15, 0.2) is 35.7 Å². The Labute approximate surface area is 121 Å². The highest BCUT2D eigenvalue weighted by atomic mass is 32.1. The Bertz CT molecular complexity index is 601. The van der Waals surface area contributed by atoms with Crippen LogP contribution in [-0.2, 0) is 4.79 Å². The number of carbonyl (C=O) groups excluding carboxylic acids is 2. The normalized spacial score (nSPS) is 10.1. The van der Waals surface area contributed by atoms with Gasteiger partial charge in [-0.05, 0) is 36.4 Å². The first kappa shape index (κ1) is 14.3. The summed E-state index contributed by atoms with van der Waals surface area (Å²) in [4.78, 5) is 24.2. The molecular weight excluding hydrogens is 272 g/mol. The van der Waals surface area contributed by atoms with Gasteiger partial charge in [0.1, 0.15) is 0 Å². The summed E-state index contributed by atoms with van der Waals surface area (Å²) < 4.78 is 0. The standard InChI is InChI=1S/C15H16N2O2S/c1-10-5-3-6-11(2)14(10)17-13(18)9-16-15(19)12-7-4-8-20-12/h3-8H,9H2,1-2H3,(H,16,19)(H,17,18). The Morgan fingerprint density at radius 2 is 1.80 bits per heavy atom. The van der Waals surface area contributed by atoms with Crippen LogP contribution in [0.1, 0.15) is 20.8 Å². The van der Waals surface area contributed by atoms with Gasteiger partial charge in [0.2, 0.25) is 5.91 Å². The molecular formula is C15H16N2O2S. The number of hydrogen-bond acceptors (Lipinski definition) is 3. The summed E-state index contributed by atoms with van der Waals surface area (Å²) in [5.74, 6) is -0.455. The molecule has 2 amide bonds. The second-order valence-electron chi connectivity index (χ2n) is 4.47. The fraction of sp³-hybridized carbons (Fsp3) is 0.200. The molecule has 0 unspecified atom stereocenters. The zero-order valence-corrected chi connectivity index (χ0v) is 12.2. The van der Waals surface area contributed by atoms with Crippen molar-refractivity contribution in [2.24, 2.45) is 0 Å². The van der Waals surface area contributed by atoms with Crippen molar-refractivity contribution in [3.8, 4) is 0 Å². The van der Waals surface area contributed by atoms with Crippen molar-refractivity contribution in [3.05, 3.63) is 51.7 Å². The maximum atomic E-state index is 11.9.